The topological polar surface area (TPSA) is 40.6 Å². The maximum Gasteiger partial charge on any atom is 0.135 e. The predicted octanol–water partition coefficient (Wildman–Crippen LogP) is 2.01. The van der Waals surface area contributed by atoms with Gasteiger partial charge in [0, 0.05) is 32.3 Å². The molecule has 0 bridgehead atoms. The Hall–Kier alpha value is -0.840. The zero-order valence-electron chi connectivity index (χ0n) is 9.33. The lowest BCUT2D eigenvalue weighted by atomic mass is 9.98. The number of nitrogens with zero attached hydrogens (tertiary/aromatic N) is 1. The van der Waals surface area contributed by atoms with E-state index in [4.69, 9.17) is 25.8 Å². The van der Waals surface area contributed by atoms with Crippen LogP contribution >= 0.6 is 11.6 Å². The first-order chi connectivity index (χ1) is 7.70. The second-order valence-corrected chi connectivity index (χ2v) is 4.10. The van der Waals surface area contributed by atoms with Crippen molar-refractivity contribution in [2.24, 2.45) is 0 Å². The van der Waals surface area contributed by atoms with Crippen LogP contribution in [0.25, 0.3) is 0 Å². The summed E-state index contributed by atoms with van der Waals surface area (Å²) in [6.07, 6.45) is 0.778. The molecule has 0 saturated carbocycles. The minimum atomic E-state index is -0.488. The van der Waals surface area contributed by atoms with Gasteiger partial charge in [-0.3, -0.25) is 0 Å². The molecular weight excluding hydrogens is 230 g/mol. The monoisotopic (exact) mass is 243 g/mol. The van der Waals surface area contributed by atoms with Crippen LogP contribution in [0.2, 0.25) is 5.15 Å². The second kappa shape index (κ2) is 4.57. The van der Waals surface area contributed by atoms with Crippen molar-refractivity contribution in [2.75, 3.05) is 27.4 Å². The molecule has 0 aliphatic carbocycles. The third kappa shape index (κ3) is 2.00. The Bertz CT molecular complexity index is 377. The molecule has 1 atom stereocenters. The third-order valence-electron chi connectivity index (χ3n) is 2.85. The SMILES string of the molecule is COc1cc(Cl)nc([C@]2(OC)CCOC2)c1. The molecule has 2 rings (SSSR count). The lowest BCUT2D eigenvalue weighted by Crippen LogP contribution is -2.30. The van der Waals surface area contributed by atoms with Crippen LogP contribution in [0.3, 0.4) is 0 Å². The van der Waals surface area contributed by atoms with Gasteiger partial charge < -0.3 is 14.2 Å². The highest BCUT2D eigenvalue weighted by Gasteiger charge is 2.38. The van der Waals surface area contributed by atoms with Gasteiger partial charge in [-0.2, -0.15) is 0 Å². The van der Waals surface area contributed by atoms with Crippen molar-refractivity contribution in [3.05, 3.63) is 23.0 Å². The van der Waals surface area contributed by atoms with E-state index >= 15 is 0 Å². The van der Waals surface area contributed by atoms with E-state index in [1.807, 2.05) is 6.07 Å². The van der Waals surface area contributed by atoms with Gasteiger partial charge in [0.2, 0.25) is 0 Å². The summed E-state index contributed by atoms with van der Waals surface area (Å²) in [5.41, 5.74) is 0.273. The molecule has 0 radical (unpaired) electrons. The van der Waals surface area contributed by atoms with Crippen molar-refractivity contribution in [3.8, 4) is 5.75 Å². The Labute approximate surface area is 99.5 Å². The predicted molar refractivity (Wildman–Crippen MR) is 59.9 cm³/mol. The van der Waals surface area contributed by atoms with Crippen molar-refractivity contribution in [1.82, 2.24) is 4.98 Å². The number of rotatable bonds is 3. The van der Waals surface area contributed by atoms with E-state index < -0.39 is 5.60 Å². The van der Waals surface area contributed by atoms with Crippen LogP contribution in [-0.4, -0.2) is 32.4 Å². The summed E-state index contributed by atoms with van der Waals surface area (Å²) in [6.45, 7) is 1.17. The number of hydrogen-bond donors (Lipinski definition) is 0. The van der Waals surface area contributed by atoms with Gasteiger partial charge in [0.1, 0.15) is 16.5 Å². The average molecular weight is 244 g/mol. The first-order valence-corrected chi connectivity index (χ1v) is 5.43. The number of hydrogen-bond acceptors (Lipinski definition) is 4. The fourth-order valence-electron chi connectivity index (χ4n) is 1.84. The molecule has 1 aliphatic rings. The summed E-state index contributed by atoms with van der Waals surface area (Å²) in [5, 5.41) is 0.401. The molecule has 0 unspecified atom stereocenters. The van der Waals surface area contributed by atoms with E-state index in [0.29, 0.717) is 24.1 Å². The number of halogens is 1. The van der Waals surface area contributed by atoms with Gasteiger partial charge in [0.05, 0.1) is 19.4 Å². The molecule has 1 saturated heterocycles. The third-order valence-corrected chi connectivity index (χ3v) is 3.04. The highest BCUT2D eigenvalue weighted by Crippen LogP contribution is 2.35. The van der Waals surface area contributed by atoms with Crippen LogP contribution in [0.1, 0.15) is 12.1 Å². The molecule has 0 amide bonds. The Morgan fingerprint density at radius 1 is 1.44 bits per heavy atom. The molecular formula is C11H14ClNO3. The lowest BCUT2D eigenvalue weighted by molar-refractivity contribution is -0.0247. The maximum atomic E-state index is 5.94. The number of methoxy groups -OCH3 is 2. The minimum absolute atomic E-state index is 0.401. The number of ether oxygens (including phenoxy) is 3. The van der Waals surface area contributed by atoms with Crippen molar-refractivity contribution in [1.29, 1.82) is 0 Å². The van der Waals surface area contributed by atoms with E-state index in [-0.39, 0.29) is 0 Å². The Balaban J connectivity index is 2.41. The number of pyridine rings is 1. The van der Waals surface area contributed by atoms with E-state index in [9.17, 15) is 0 Å². The summed E-state index contributed by atoms with van der Waals surface area (Å²) in [4.78, 5) is 4.29. The second-order valence-electron chi connectivity index (χ2n) is 3.72. The molecule has 0 N–H and O–H groups in total. The summed E-state index contributed by atoms with van der Waals surface area (Å²) in [6, 6.07) is 3.51. The highest BCUT2D eigenvalue weighted by atomic mass is 35.5. The molecule has 16 heavy (non-hydrogen) atoms. The van der Waals surface area contributed by atoms with Crippen LogP contribution in [0.4, 0.5) is 0 Å². The van der Waals surface area contributed by atoms with Gasteiger partial charge in [0.25, 0.3) is 0 Å². The van der Waals surface area contributed by atoms with Crippen molar-refractivity contribution in [2.45, 2.75) is 12.0 Å². The van der Waals surface area contributed by atoms with Gasteiger partial charge in [0.15, 0.2) is 0 Å². The summed E-state index contributed by atoms with van der Waals surface area (Å²) in [7, 11) is 3.25. The number of aromatic nitrogens is 1. The first-order valence-electron chi connectivity index (χ1n) is 5.05. The minimum Gasteiger partial charge on any atom is -0.497 e. The van der Waals surface area contributed by atoms with Gasteiger partial charge >= 0.3 is 0 Å². The molecule has 88 valence electrons. The fourth-order valence-corrected chi connectivity index (χ4v) is 2.04. The molecule has 4 nitrogen and oxygen atoms in total. The van der Waals surface area contributed by atoms with Gasteiger partial charge in [-0.05, 0) is 0 Å². The molecule has 0 aromatic carbocycles. The van der Waals surface area contributed by atoms with Crippen molar-refractivity contribution in [3.63, 3.8) is 0 Å². The van der Waals surface area contributed by atoms with Crippen molar-refractivity contribution >= 4 is 11.6 Å². The van der Waals surface area contributed by atoms with Crippen molar-refractivity contribution < 1.29 is 14.2 Å². The van der Waals surface area contributed by atoms with E-state index in [1.165, 1.54) is 0 Å². The van der Waals surface area contributed by atoms with Gasteiger partial charge in [-0.15, -0.1) is 0 Å². The Morgan fingerprint density at radius 3 is 2.81 bits per heavy atom. The molecule has 2 heterocycles. The first kappa shape index (κ1) is 11.6. The van der Waals surface area contributed by atoms with Crippen LogP contribution < -0.4 is 4.74 Å². The zero-order valence-corrected chi connectivity index (χ0v) is 10.1. The molecule has 0 spiro atoms. The van der Waals surface area contributed by atoms with E-state index in [0.717, 1.165) is 12.1 Å². The van der Waals surface area contributed by atoms with Crippen LogP contribution in [0.15, 0.2) is 12.1 Å². The Kier molecular flexibility index (Phi) is 3.33. The van der Waals surface area contributed by atoms with Crippen LogP contribution in [-0.2, 0) is 15.1 Å². The maximum absolute atomic E-state index is 5.94. The standard InChI is InChI=1S/C11H14ClNO3/c1-14-8-5-9(13-10(12)6-8)11(15-2)3-4-16-7-11/h5-6H,3-4,7H2,1-2H3/t11-/m0/s1. The molecule has 1 aromatic rings. The molecule has 5 heteroatoms. The highest BCUT2D eigenvalue weighted by molar-refractivity contribution is 6.29. The van der Waals surface area contributed by atoms with E-state index in [1.54, 1.807) is 20.3 Å². The van der Waals surface area contributed by atoms with Gasteiger partial charge in [-0.25, -0.2) is 4.98 Å². The largest absolute Gasteiger partial charge is 0.497 e. The van der Waals surface area contributed by atoms with Crippen LogP contribution in [0.5, 0.6) is 5.75 Å². The summed E-state index contributed by atoms with van der Waals surface area (Å²) in [5.74, 6) is 0.679. The fraction of sp³-hybridized carbons (Fsp3) is 0.545. The van der Waals surface area contributed by atoms with Gasteiger partial charge in [-0.1, -0.05) is 11.6 Å². The smallest absolute Gasteiger partial charge is 0.135 e. The zero-order chi connectivity index (χ0) is 11.6. The molecule has 1 fully saturated rings. The Morgan fingerprint density at radius 2 is 2.25 bits per heavy atom. The molecule has 1 aliphatic heterocycles. The average Bonchev–Trinajstić information content (AvgIpc) is 2.78. The normalized spacial score (nSPS) is 24.7. The quantitative estimate of drug-likeness (QED) is 0.762. The van der Waals surface area contributed by atoms with E-state index in [2.05, 4.69) is 4.98 Å². The van der Waals surface area contributed by atoms with Crippen LogP contribution in [0, 0.1) is 0 Å². The lowest BCUT2D eigenvalue weighted by Gasteiger charge is -2.25. The summed E-state index contributed by atoms with van der Waals surface area (Å²) < 4.78 is 16.1. The molecule has 1 aromatic heterocycles. The summed E-state index contributed by atoms with van der Waals surface area (Å²) >= 11 is 5.94.